The Kier molecular flexibility index (Phi) is 32.5. The van der Waals surface area contributed by atoms with Crippen LogP contribution < -0.4 is 9.80 Å². The number of anilines is 6. The van der Waals surface area contributed by atoms with E-state index in [4.69, 9.17) is 0 Å². The third kappa shape index (κ3) is 24.6. The van der Waals surface area contributed by atoms with Crippen LogP contribution in [0.25, 0.3) is 111 Å². The summed E-state index contributed by atoms with van der Waals surface area (Å²) in [6.07, 6.45) is 18.7. The zero-order valence-corrected chi connectivity index (χ0v) is 81.1. The zero-order chi connectivity index (χ0) is 92.5. The van der Waals surface area contributed by atoms with E-state index in [1.807, 2.05) is 0 Å². The normalized spacial score (nSPS) is 11.1. The van der Waals surface area contributed by atoms with Crippen molar-refractivity contribution in [2.75, 3.05) is 9.80 Å². The van der Waals surface area contributed by atoms with Gasteiger partial charge >= 0.3 is 0 Å². The molecule has 17 rings (SSSR count). The molecule has 17 aromatic carbocycles. The Bertz CT molecular complexity index is 6130. The molecule has 0 aliphatic carbocycles. The summed E-state index contributed by atoms with van der Waals surface area (Å²) in [6.45, 7) is 28.8. The minimum absolute atomic E-state index is 1.04. The molecule has 0 atom stereocenters. The number of benzene rings is 17. The molecule has 133 heavy (non-hydrogen) atoms. The van der Waals surface area contributed by atoms with Crippen molar-refractivity contribution in [3.8, 4) is 111 Å². The van der Waals surface area contributed by atoms with Gasteiger partial charge in [-0.3, -0.25) is 0 Å². The van der Waals surface area contributed by atoms with Gasteiger partial charge in [-0.05, 0) is 342 Å². The lowest BCUT2D eigenvalue weighted by atomic mass is 9.84. The lowest BCUT2D eigenvalue weighted by molar-refractivity contribution is 0.664. The van der Waals surface area contributed by atoms with Crippen LogP contribution in [0.15, 0.2) is 382 Å². The molecule has 0 aromatic heterocycles. The highest BCUT2D eigenvalue weighted by atomic mass is 15.1. The maximum Gasteiger partial charge on any atom is 0.0464 e. The molecule has 0 spiro atoms. The average molecular weight is 1740 g/mol. The first-order chi connectivity index (χ1) is 64.9. The first-order valence-corrected chi connectivity index (χ1v) is 49.2. The van der Waals surface area contributed by atoms with Crippen molar-refractivity contribution in [2.45, 2.75) is 193 Å². The van der Waals surface area contributed by atoms with Gasteiger partial charge in [0.2, 0.25) is 0 Å². The van der Waals surface area contributed by atoms with Crippen LogP contribution in [-0.2, 0) is 32.1 Å². The summed E-state index contributed by atoms with van der Waals surface area (Å²) in [5.74, 6) is 0. The smallest absolute Gasteiger partial charge is 0.0464 e. The fourth-order valence-electron chi connectivity index (χ4n) is 18.4. The van der Waals surface area contributed by atoms with Gasteiger partial charge in [-0.2, -0.15) is 0 Å². The van der Waals surface area contributed by atoms with E-state index >= 15 is 0 Å². The Balaban J connectivity index is 0.000000253. The molecule has 0 saturated carbocycles. The monoisotopic (exact) mass is 1740 g/mol. The van der Waals surface area contributed by atoms with Crippen molar-refractivity contribution < 1.29 is 0 Å². The van der Waals surface area contributed by atoms with Crippen LogP contribution in [-0.4, -0.2) is 0 Å². The highest BCUT2D eigenvalue weighted by Crippen LogP contribution is 2.46. The third-order valence-electron chi connectivity index (χ3n) is 26.3. The number of hydrogen-bond acceptors (Lipinski definition) is 2. The highest BCUT2D eigenvalue weighted by molar-refractivity contribution is 5.88. The van der Waals surface area contributed by atoms with Crippen LogP contribution in [0.1, 0.15) is 178 Å². The number of aryl methyl sites for hydroxylation is 13. The van der Waals surface area contributed by atoms with E-state index < -0.39 is 0 Å². The standard InChI is InChI=1S/C88H92N2.C27H24.C16H18/c1-9-13-15-17-21-77-61-88(86-58-56-84(60-66(86)8)90(80-49-41-74(42-50-80)70-33-25-64(6)26-34-70)82-53-45-76(46-54-82)72-37-29-68(20-12-4)30-38-72)78(22-18-16-14-10-2)62-87(77)85-57-55-83(59-65(85)7)89(79-47-39-73(40-48-79)69-31-23-63(5)24-32-69)81-51-43-75(44-52-81)71-35-27-67(19-11-3)28-36-71;1-19-4-10-22(11-5-19)25-16-26(23-12-6-20(2)7-13-23)18-27(17-25)24-14-8-21(3)9-15-24;1-3-4-14-7-11-16(12-8-14)15-9-5-13(2)6-10-15/h23-62H,9-22H2,1-8H3;4-18H,1-3H3;5-12H,3-4H2,1-2H3. The predicted molar refractivity (Wildman–Crippen MR) is 579 cm³/mol. The molecular formula is C131H134N2. The molecule has 0 bridgehead atoms. The van der Waals surface area contributed by atoms with E-state index in [-0.39, 0.29) is 0 Å². The minimum atomic E-state index is 1.04. The van der Waals surface area contributed by atoms with Gasteiger partial charge in [0.25, 0.3) is 0 Å². The van der Waals surface area contributed by atoms with E-state index in [1.165, 1.54) is 235 Å². The van der Waals surface area contributed by atoms with Gasteiger partial charge in [0.1, 0.15) is 0 Å². The summed E-state index contributed by atoms with van der Waals surface area (Å²) in [7, 11) is 0. The first kappa shape index (κ1) is 94.0. The lowest BCUT2D eigenvalue weighted by Crippen LogP contribution is -2.10. The van der Waals surface area contributed by atoms with Crippen LogP contribution in [0, 0.1) is 55.4 Å². The minimum Gasteiger partial charge on any atom is -0.310 e. The number of unbranched alkanes of at least 4 members (excludes halogenated alkanes) is 6. The quantitative estimate of drug-likeness (QED) is 0.0388. The molecule has 0 fully saturated rings. The van der Waals surface area contributed by atoms with Crippen LogP contribution in [0.4, 0.5) is 34.1 Å². The summed E-state index contributed by atoms with van der Waals surface area (Å²) in [6, 6.07) is 143. The topological polar surface area (TPSA) is 6.48 Å². The fourth-order valence-corrected chi connectivity index (χ4v) is 18.4. The predicted octanol–water partition coefficient (Wildman–Crippen LogP) is 38.2. The molecule has 17 aromatic rings. The van der Waals surface area contributed by atoms with Crippen molar-refractivity contribution in [3.05, 3.63) is 455 Å². The van der Waals surface area contributed by atoms with E-state index in [9.17, 15) is 0 Å². The van der Waals surface area contributed by atoms with E-state index in [0.29, 0.717) is 0 Å². The van der Waals surface area contributed by atoms with Crippen molar-refractivity contribution in [1.29, 1.82) is 0 Å². The number of nitrogens with zero attached hydrogens (tertiary/aromatic N) is 2. The molecule has 0 saturated heterocycles. The zero-order valence-electron chi connectivity index (χ0n) is 81.1. The SMILES string of the molecule is CCCCCCc1cc(-c2ccc(N(c3ccc(-c4ccc(C)cc4)cc3)c3ccc(-c4ccc(CCC)cc4)cc3)cc2C)c(CCCCCC)cc1-c1ccc(N(c2ccc(-c3ccc(C)cc3)cc2)c2ccc(-c3ccc(CCC)cc3)cc2)cc1C.CCCc1ccc(-c2ccc(C)cc2)cc1.Cc1ccc(-c2cc(-c3ccc(C)cc3)cc(-c3ccc(C)cc3)c2)cc1. The Morgan fingerprint density at radius 2 is 0.346 bits per heavy atom. The summed E-state index contributed by atoms with van der Waals surface area (Å²) in [4.78, 5) is 4.88. The highest BCUT2D eigenvalue weighted by Gasteiger charge is 2.23. The molecule has 2 nitrogen and oxygen atoms in total. The Morgan fingerprint density at radius 1 is 0.150 bits per heavy atom. The van der Waals surface area contributed by atoms with Gasteiger partial charge in [-0.15, -0.1) is 0 Å². The van der Waals surface area contributed by atoms with Crippen molar-refractivity contribution in [2.24, 2.45) is 0 Å². The lowest BCUT2D eigenvalue weighted by Gasteiger charge is -2.28. The molecule has 0 aliphatic rings. The van der Waals surface area contributed by atoms with Crippen LogP contribution in [0.2, 0.25) is 0 Å². The average Bonchev–Trinajstić information content (AvgIpc) is 0.767. The van der Waals surface area contributed by atoms with Gasteiger partial charge in [0.05, 0.1) is 0 Å². The van der Waals surface area contributed by atoms with Crippen LogP contribution >= 0.6 is 0 Å². The Morgan fingerprint density at radius 3 is 0.549 bits per heavy atom. The molecule has 0 N–H and O–H groups in total. The summed E-state index contributed by atoms with van der Waals surface area (Å²) >= 11 is 0. The Hall–Kier alpha value is -13.7. The maximum absolute atomic E-state index is 2.61. The summed E-state index contributed by atoms with van der Waals surface area (Å²) < 4.78 is 0. The van der Waals surface area contributed by atoms with E-state index in [2.05, 4.69) is 482 Å². The molecule has 0 aliphatic heterocycles. The molecule has 668 valence electrons. The Labute approximate surface area is 796 Å². The molecule has 0 unspecified atom stereocenters. The second kappa shape index (κ2) is 45.9. The maximum atomic E-state index is 2.61. The second-order valence-corrected chi connectivity index (χ2v) is 37.0. The summed E-state index contributed by atoms with van der Waals surface area (Å²) in [5, 5.41) is 0. The second-order valence-electron chi connectivity index (χ2n) is 37.0. The van der Waals surface area contributed by atoms with Crippen molar-refractivity contribution in [1.82, 2.24) is 0 Å². The number of hydrogen-bond donors (Lipinski definition) is 0. The molecular weight excluding hydrogens is 1600 g/mol. The van der Waals surface area contributed by atoms with E-state index in [0.717, 1.165) is 85.5 Å². The van der Waals surface area contributed by atoms with Gasteiger partial charge in [0, 0.05) is 34.1 Å². The van der Waals surface area contributed by atoms with Gasteiger partial charge in [-0.25, -0.2) is 0 Å². The molecule has 2 heteroatoms. The van der Waals surface area contributed by atoms with Gasteiger partial charge in [-0.1, -0.05) is 417 Å². The first-order valence-electron chi connectivity index (χ1n) is 49.2. The molecule has 0 amide bonds. The van der Waals surface area contributed by atoms with Crippen molar-refractivity contribution >= 4 is 34.1 Å². The molecule has 0 heterocycles. The number of rotatable bonds is 32. The largest absolute Gasteiger partial charge is 0.310 e. The van der Waals surface area contributed by atoms with Crippen LogP contribution in [0.5, 0.6) is 0 Å². The van der Waals surface area contributed by atoms with Crippen molar-refractivity contribution in [3.63, 3.8) is 0 Å². The van der Waals surface area contributed by atoms with Crippen LogP contribution in [0.3, 0.4) is 0 Å². The van der Waals surface area contributed by atoms with E-state index in [1.54, 1.807) is 0 Å². The fraction of sp³-hybridized carbons (Fsp3) is 0.221. The summed E-state index contributed by atoms with van der Waals surface area (Å²) in [5.41, 5.74) is 49.5. The third-order valence-corrected chi connectivity index (χ3v) is 26.3. The van der Waals surface area contributed by atoms with Gasteiger partial charge in [0.15, 0.2) is 0 Å². The van der Waals surface area contributed by atoms with Gasteiger partial charge < -0.3 is 9.80 Å². The molecule has 0 radical (unpaired) electrons.